The van der Waals surface area contributed by atoms with Gasteiger partial charge in [0.15, 0.2) is 5.82 Å². The van der Waals surface area contributed by atoms with E-state index in [-0.39, 0.29) is 5.41 Å². The molecule has 4 heteroatoms. The van der Waals surface area contributed by atoms with E-state index < -0.39 is 0 Å². The molecule has 1 aliphatic heterocycles. The van der Waals surface area contributed by atoms with Crippen molar-refractivity contribution < 1.29 is 0 Å². The topological polar surface area (TPSA) is 35.6 Å². The highest BCUT2D eigenvalue weighted by atomic mass is 15.0. The summed E-state index contributed by atoms with van der Waals surface area (Å²) < 4.78 is 5.00. The lowest BCUT2D eigenvalue weighted by Gasteiger charge is -2.35. The average molecular weight is 729 g/mol. The summed E-state index contributed by atoms with van der Waals surface area (Å²) in [6.07, 6.45) is 0. The molecule has 4 heterocycles. The van der Waals surface area contributed by atoms with E-state index in [9.17, 15) is 0 Å². The Morgan fingerprint density at radius 3 is 1.79 bits per heavy atom. The number of hydrogen-bond acceptors (Lipinski definition) is 2. The van der Waals surface area contributed by atoms with Crippen molar-refractivity contribution in [2.24, 2.45) is 0 Å². The molecule has 0 aliphatic carbocycles. The van der Waals surface area contributed by atoms with Gasteiger partial charge in [-0.15, -0.1) is 0 Å². The predicted octanol–water partition coefficient (Wildman–Crippen LogP) is 13.5. The summed E-state index contributed by atoms with van der Waals surface area (Å²) in [5.41, 5.74) is 14.7. The number of rotatable bonds is 4. The van der Waals surface area contributed by atoms with Crippen LogP contribution in [-0.2, 0) is 5.41 Å². The zero-order chi connectivity index (χ0) is 37.8. The van der Waals surface area contributed by atoms with Crippen LogP contribution in [0.3, 0.4) is 0 Å². The van der Waals surface area contributed by atoms with Gasteiger partial charge in [0.25, 0.3) is 0 Å². The van der Waals surface area contributed by atoms with Crippen LogP contribution in [0, 0.1) is 0 Å². The van der Waals surface area contributed by atoms with Gasteiger partial charge in [-0.25, -0.2) is 9.97 Å². The maximum atomic E-state index is 5.11. The van der Waals surface area contributed by atoms with E-state index in [0.29, 0.717) is 5.82 Å². The zero-order valence-electron chi connectivity index (χ0n) is 31.6. The summed E-state index contributed by atoms with van der Waals surface area (Å²) in [6.45, 7) is 4.76. The van der Waals surface area contributed by atoms with E-state index in [4.69, 9.17) is 9.97 Å². The highest BCUT2D eigenvalue weighted by Crippen LogP contribution is 2.52. The Bertz CT molecular complexity index is 3350. The molecule has 0 fully saturated rings. The van der Waals surface area contributed by atoms with Gasteiger partial charge in [-0.3, -0.25) is 0 Å². The van der Waals surface area contributed by atoms with E-state index in [1.54, 1.807) is 0 Å². The number of hydrogen-bond donors (Lipinski definition) is 0. The smallest absolute Gasteiger partial charge is 0.160 e. The second-order valence-electron chi connectivity index (χ2n) is 15.8. The number of aromatic nitrogens is 4. The highest BCUT2D eigenvalue weighted by molar-refractivity contribution is 6.31. The average Bonchev–Trinajstić information content (AvgIpc) is 3.80. The molecule has 3 aromatic heterocycles. The minimum absolute atomic E-state index is 0.162. The zero-order valence-corrected chi connectivity index (χ0v) is 31.6. The van der Waals surface area contributed by atoms with Crippen LogP contribution in [0.2, 0.25) is 0 Å². The Morgan fingerprint density at radius 1 is 0.421 bits per heavy atom. The molecule has 8 aromatic carbocycles. The summed E-state index contributed by atoms with van der Waals surface area (Å²) >= 11 is 0. The van der Waals surface area contributed by atoms with Gasteiger partial charge in [0.05, 0.1) is 39.1 Å². The molecular formula is C53H36N4. The van der Waals surface area contributed by atoms with Crippen LogP contribution < -0.4 is 0 Å². The molecule has 0 saturated heterocycles. The third kappa shape index (κ3) is 4.55. The lowest BCUT2D eigenvalue weighted by Crippen LogP contribution is -2.26. The lowest BCUT2D eigenvalue weighted by atomic mass is 9.74. The molecule has 0 saturated carbocycles. The third-order valence-corrected chi connectivity index (χ3v) is 12.3. The molecule has 1 aliphatic rings. The van der Waals surface area contributed by atoms with Crippen LogP contribution >= 0.6 is 0 Å². The summed E-state index contributed by atoms with van der Waals surface area (Å²) in [7, 11) is 0. The SMILES string of the molecule is CC1(C)c2ccccc2-n2c3c1cc1ccccc1c3c1ccc3c(c4ccccc4n3-c3ccc(-c4nc(-c5ccccc5)cc(-c5ccccc5)n4)cc3)c12. The maximum Gasteiger partial charge on any atom is 0.160 e. The molecule has 0 bridgehead atoms. The molecule has 11 aromatic rings. The minimum atomic E-state index is -0.162. The van der Waals surface area contributed by atoms with Gasteiger partial charge in [0, 0.05) is 49.3 Å². The van der Waals surface area contributed by atoms with Crippen LogP contribution in [0.1, 0.15) is 25.0 Å². The second-order valence-corrected chi connectivity index (χ2v) is 15.8. The van der Waals surface area contributed by atoms with Crippen molar-refractivity contribution in [1.82, 2.24) is 19.1 Å². The van der Waals surface area contributed by atoms with Crippen LogP contribution in [0.25, 0.3) is 99.7 Å². The molecule has 57 heavy (non-hydrogen) atoms. The second kappa shape index (κ2) is 11.8. The van der Waals surface area contributed by atoms with E-state index in [1.165, 1.54) is 71.2 Å². The molecular weight excluding hydrogens is 693 g/mol. The Hall–Kier alpha value is -7.30. The molecule has 268 valence electrons. The van der Waals surface area contributed by atoms with Crippen LogP contribution in [0.4, 0.5) is 0 Å². The largest absolute Gasteiger partial charge is 0.309 e. The molecule has 0 unspecified atom stereocenters. The predicted molar refractivity (Wildman–Crippen MR) is 237 cm³/mol. The fraction of sp³-hybridized carbons (Fsp3) is 0.0566. The van der Waals surface area contributed by atoms with Crippen molar-refractivity contribution in [2.45, 2.75) is 19.3 Å². The fourth-order valence-corrected chi connectivity index (χ4v) is 9.62. The van der Waals surface area contributed by atoms with Crippen molar-refractivity contribution in [3.63, 3.8) is 0 Å². The first-order valence-electron chi connectivity index (χ1n) is 19.7. The van der Waals surface area contributed by atoms with Gasteiger partial charge < -0.3 is 9.13 Å². The number of nitrogens with zero attached hydrogens (tertiary/aromatic N) is 4. The quantitative estimate of drug-likeness (QED) is 0.181. The third-order valence-electron chi connectivity index (χ3n) is 12.3. The van der Waals surface area contributed by atoms with Crippen molar-refractivity contribution in [2.75, 3.05) is 0 Å². The van der Waals surface area contributed by atoms with Gasteiger partial charge in [-0.1, -0.05) is 141 Å². The maximum absolute atomic E-state index is 5.11. The summed E-state index contributed by atoms with van der Waals surface area (Å²) in [4.78, 5) is 10.2. The summed E-state index contributed by atoms with van der Waals surface area (Å²) in [5, 5.41) is 7.69. The number of benzene rings is 8. The molecule has 0 amide bonds. The van der Waals surface area contributed by atoms with Gasteiger partial charge >= 0.3 is 0 Å². The van der Waals surface area contributed by atoms with Crippen LogP contribution in [0.5, 0.6) is 0 Å². The molecule has 0 radical (unpaired) electrons. The summed E-state index contributed by atoms with van der Waals surface area (Å²) in [6, 6.07) is 65.5. The van der Waals surface area contributed by atoms with Gasteiger partial charge in [-0.05, 0) is 76.5 Å². The van der Waals surface area contributed by atoms with Crippen molar-refractivity contribution >= 4 is 54.4 Å². The molecule has 0 atom stereocenters. The first-order valence-corrected chi connectivity index (χ1v) is 19.7. The van der Waals surface area contributed by atoms with E-state index in [1.807, 2.05) is 12.1 Å². The van der Waals surface area contributed by atoms with Crippen molar-refractivity contribution in [3.8, 4) is 45.3 Å². The molecule has 12 rings (SSSR count). The minimum Gasteiger partial charge on any atom is -0.309 e. The lowest BCUT2D eigenvalue weighted by molar-refractivity contribution is 0.631. The standard InChI is InChI=1S/C53H36N4/c1-53(2)41-22-12-14-24-46(41)57-50-40(48-38-20-10-9-19-36(38)31-42(53)51(48)57)29-30-47-49(50)39-21-11-13-23-45(39)56(47)37-27-25-35(26-28-37)52-54-43(33-15-5-3-6-16-33)32-44(55-52)34-17-7-4-8-18-34/h3-32H,1-2H3. The van der Waals surface area contributed by atoms with Crippen LogP contribution in [0.15, 0.2) is 182 Å². The highest BCUT2D eigenvalue weighted by Gasteiger charge is 2.36. The van der Waals surface area contributed by atoms with Gasteiger partial charge in [0.1, 0.15) is 0 Å². The van der Waals surface area contributed by atoms with Crippen molar-refractivity contribution in [1.29, 1.82) is 0 Å². The molecule has 0 spiro atoms. The Kier molecular flexibility index (Phi) is 6.65. The van der Waals surface area contributed by atoms with E-state index >= 15 is 0 Å². The number of para-hydroxylation sites is 2. The number of fused-ring (bicyclic) bond motifs is 11. The van der Waals surface area contributed by atoms with Gasteiger partial charge in [-0.2, -0.15) is 0 Å². The first kappa shape index (κ1) is 32.0. The fourth-order valence-electron chi connectivity index (χ4n) is 9.62. The van der Waals surface area contributed by atoms with Crippen molar-refractivity contribution in [3.05, 3.63) is 193 Å². The molecule has 4 nitrogen and oxygen atoms in total. The Labute approximate surface area is 329 Å². The Balaban J connectivity index is 1.11. The molecule has 0 N–H and O–H groups in total. The normalized spacial score (nSPS) is 13.2. The summed E-state index contributed by atoms with van der Waals surface area (Å²) in [5.74, 6) is 0.703. The van der Waals surface area contributed by atoms with Gasteiger partial charge in [0.2, 0.25) is 0 Å². The van der Waals surface area contributed by atoms with E-state index in [2.05, 4.69) is 193 Å². The Morgan fingerprint density at radius 2 is 1.05 bits per heavy atom. The van der Waals surface area contributed by atoms with Crippen LogP contribution in [-0.4, -0.2) is 19.1 Å². The van der Waals surface area contributed by atoms with E-state index in [0.717, 1.165) is 33.8 Å². The monoisotopic (exact) mass is 728 g/mol. The first-order chi connectivity index (χ1) is 28.0.